The Hall–Kier alpha value is -0.540. The van der Waals surface area contributed by atoms with Gasteiger partial charge in [-0.1, -0.05) is 43.6 Å². The molecule has 0 saturated heterocycles. The third-order valence-electron chi connectivity index (χ3n) is 2.76. The molecule has 0 aliphatic carbocycles. The van der Waals surface area contributed by atoms with E-state index in [9.17, 15) is 0 Å². The first-order valence-electron chi connectivity index (χ1n) is 6.58. The van der Waals surface area contributed by atoms with Gasteiger partial charge in [0, 0.05) is 10.0 Å². The number of hydrogen-bond acceptors (Lipinski definition) is 2. The van der Waals surface area contributed by atoms with Gasteiger partial charge in [0.1, 0.15) is 5.75 Å². The van der Waals surface area contributed by atoms with Gasteiger partial charge in [0.2, 0.25) is 0 Å². The summed E-state index contributed by atoms with van der Waals surface area (Å²) in [5.41, 5.74) is 1.35. The minimum atomic E-state index is 0.0980. The van der Waals surface area contributed by atoms with E-state index in [1.165, 1.54) is 5.56 Å². The summed E-state index contributed by atoms with van der Waals surface area (Å²) in [6, 6.07) is 6.24. The fraction of sp³-hybridized carbons (Fsp3) is 0.600. The number of hydrogen-bond donors (Lipinski definition) is 1. The maximum Gasteiger partial charge on any atom is 0.123 e. The molecular formula is C15H24BrNO. The van der Waals surface area contributed by atoms with E-state index in [0.29, 0.717) is 0 Å². The molecule has 1 aromatic carbocycles. The minimum Gasteiger partial charge on any atom is -0.493 e. The SMILES string of the molecule is CCNCCCOc1ccc(Br)cc1C(C)(C)C. The Labute approximate surface area is 119 Å². The molecular weight excluding hydrogens is 290 g/mol. The summed E-state index contributed by atoms with van der Waals surface area (Å²) < 4.78 is 7.01. The van der Waals surface area contributed by atoms with Gasteiger partial charge in [-0.2, -0.15) is 0 Å². The zero-order chi connectivity index (χ0) is 13.6. The predicted molar refractivity (Wildman–Crippen MR) is 81.5 cm³/mol. The third-order valence-corrected chi connectivity index (χ3v) is 3.25. The molecule has 0 saturated carbocycles. The molecule has 0 fully saturated rings. The maximum atomic E-state index is 5.90. The van der Waals surface area contributed by atoms with Crippen molar-refractivity contribution < 1.29 is 4.74 Å². The Kier molecular flexibility index (Phi) is 6.16. The highest BCUT2D eigenvalue weighted by Gasteiger charge is 2.19. The molecule has 0 heterocycles. The predicted octanol–water partition coefficient (Wildman–Crippen LogP) is 4.13. The molecule has 0 aromatic heterocycles. The van der Waals surface area contributed by atoms with E-state index in [1.54, 1.807) is 0 Å². The molecule has 0 bridgehead atoms. The zero-order valence-corrected chi connectivity index (χ0v) is 13.4. The highest BCUT2D eigenvalue weighted by molar-refractivity contribution is 9.10. The standard InChI is InChI=1S/C15H24BrNO/c1-5-17-9-6-10-18-14-8-7-12(16)11-13(14)15(2,3)4/h7-8,11,17H,5-6,9-10H2,1-4H3. The lowest BCUT2D eigenvalue weighted by atomic mass is 9.86. The third kappa shape index (κ3) is 4.99. The van der Waals surface area contributed by atoms with Gasteiger partial charge in [0.05, 0.1) is 6.61 Å². The number of rotatable bonds is 6. The van der Waals surface area contributed by atoms with E-state index in [0.717, 1.165) is 36.3 Å². The fourth-order valence-electron chi connectivity index (χ4n) is 1.77. The molecule has 0 atom stereocenters. The van der Waals surface area contributed by atoms with Crippen LogP contribution in [0.15, 0.2) is 22.7 Å². The Morgan fingerprint density at radius 2 is 2.00 bits per heavy atom. The van der Waals surface area contributed by atoms with E-state index in [4.69, 9.17) is 4.74 Å². The Balaban J connectivity index is 2.65. The van der Waals surface area contributed by atoms with Gasteiger partial charge in [-0.05, 0) is 43.1 Å². The molecule has 0 aliphatic heterocycles. The molecule has 0 unspecified atom stereocenters. The van der Waals surface area contributed by atoms with Crippen molar-refractivity contribution in [1.29, 1.82) is 0 Å². The molecule has 1 rings (SSSR count). The maximum absolute atomic E-state index is 5.90. The van der Waals surface area contributed by atoms with Crippen molar-refractivity contribution in [1.82, 2.24) is 5.32 Å². The molecule has 18 heavy (non-hydrogen) atoms. The molecule has 1 aromatic rings. The highest BCUT2D eigenvalue weighted by atomic mass is 79.9. The number of nitrogens with one attached hydrogen (secondary N) is 1. The van der Waals surface area contributed by atoms with Crippen LogP contribution in [0.5, 0.6) is 5.75 Å². The van der Waals surface area contributed by atoms with Crippen LogP contribution in [0.4, 0.5) is 0 Å². The average Bonchev–Trinajstić information content (AvgIpc) is 2.29. The number of benzene rings is 1. The van der Waals surface area contributed by atoms with Gasteiger partial charge in [0.25, 0.3) is 0 Å². The van der Waals surface area contributed by atoms with Crippen LogP contribution in [-0.4, -0.2) is 19.7 Å². The lowest BCUT2D eigenvalue weighted by Gasteiger charge is -2.23. The first-order chi connectivity index (χ1) is 8.45. The lowest BCUT2D eigenvalue weighted by molar-refractivity contribution is 0.300. The monoisotopic (exact) mass is 313 g/mol. The minimum absolute atomic E-state index is 0.0980. The van der Waals surface area contributed by atoms with Crippen LogP contribution in [0, 0.1) is 0 Å². The van der Waals surface area contributed by atoms with Gasteiger partial charge in [0.15, 0.2) is 0 Å². The van der Waals surface area contributed by atoms with Crippen molar-refractivity contribution in [3.05, 3.63) is 28.2 Å². The number of halogens is 1. The summed E-state index contributed by atoms with van der Waals surface area (Å²) in [5.74, 6) is 1.00. The molecule has 1 N–H and O–H groups in total. The van der Waals surface area contributed by atoms with Crippen molar-refractivity contribution in [2.45, 2.75) is 39.5 Å². The quantitative estimate of drug-likeness (QED) is 0.797. The molecule has 0 amide bonds. The van der Waals surface area contributed by atoms with E-state index < -0.39 is 0 Å². The van der Waals surface area contributed by atoms with Crippen LogP contribution in [-0.2, 0) is 5.41 Å². The molecule has 2 nitrogen and oxygen atoms in total. The van der Waals surface area contributed by atoms with Crippen molar-refractivity contribution in [2.24, 2.45) is 0 Å². The molecule has 0 aliphatic rings. The fourth-order valence-corrected chi connectivity index (χ4v) is 2.13. The average molecular weight is 314 g/mol. The van der Waals surface area contributed by atoms with E-state index >= 15 is 0 Å². The van der Waals surface area contributed by atoms with Crippen molar-refractivity contribution in [3.8, 4) is 5.75 Å². The Bertz CT molecular complexity index is 371. The normalized spacial score (nSPS) is 11.6. The van der Waals surface area contributed by atoms with Gasteiger partial charge in [-0.25, -0.2) is 0 Å². The van der Waals surface area contributed by atoms with Gasteiger partial charge in [-0.3, -0.25) is 0 Å². The summed E-state index contributed by atoms with van der Waals surface area (Å²) in [5, 5.41) is 3.30. The number of ether oxygens (including phenoxy) is 1. The molecule has 3 heteroatoms. The Morgan fingerprint density at radius 3 is 2.61 bits per heavy atom. The summed E-state index contributed by atoms with van der Waals surface area (Å²) in [7, 11) is 0. The zero-order valence-electron chi connectivity index (χ0n) is 11.8. The van der Waals surface area contributed by atoms with Crippen LogP contribution in [0.25, 0.3) is 0 Å². The van der Waals surface area contributed by atoms with Crippen molar-refractivity contribution in [3.63, 3.8) is 0 Å². The molecule has 102 valence electrons. The summed E-state index contributed by atoms with van der Waals surface area (Å²) in [4.78, 5) is 0. The second-order valence-corrected chi connectivity index (χ2v) is 6.36. The van der Waals surface area contributed by atoms with Gasteiger partial charge >= 0.3 is 0 Å². The van der Waals surface area contributed by atoms with E-state index in [-0.39, 0.29) is 5.41 Å². The molecule has 0 radical (unpaired) electrons. The smallest absolute Gasteiger partial charge is 0.123 e. The van der Waals surface area contributed by atoms with Crippen molar-refractivity contribution >= 4 is 15.9 Å². The van der Waals surface area contributed by atoms with Crippen LogP contribution >= 0.6 is 15.9 Å². The van der Waals surface area contributed by atoms with Crippen LogP contribution in [0.2, 0.25) is 0 Å². The van der Waals surface area contributed by atoms with Crippen molar-refractivity contribution in [2.75, 3.05) is 19.7 Å². The topological polar surface area (TPSA) is 21.3 Å². The second-order valence-electron chi connectivity index (χ2n) is 5.45. The lowest BCUT2D eigenvalue weighted by Crippen LogP contribution is -2.18. The summed E-state index contributed by atoms with van der Waals surface area (Å²) >= 11 is 3.53. The summed E-state index contributed by atoms with van der Waals surface area (Å²) in [6.45, 7) is 11.5. The van der Waals surface area contributed by atoms with Crippen LogP contribution in [0.3, 0.4) is 0 Å². The van der Waals surface area contributed by atoms with Gasteiger partial charge in [-0.15, -0.1) is 0 Å². The van der Waals surface area contributed by atoms with Gasteiger partial charge < -0.3 is 10.1 Å². The Morgan fingerprint density at radius 1 is 1.28 bits per heavy atom. The van der Waals surface area contributed by atoms with Crippen LogP contribution < -0.4 is 10.1 Å². The first-order valence-corrected chi connectivity index (χ1v) is 7.38. The second kappa shape index (κ2) is 7.15. The molecule has 0 spiro atoms. The highest BCUT2D eigenvalue weighted by Crippen LogP contribution is 2.33. The van der Waals surface area contributed by atoms with E-state index in [2.05, 4.69) is 61.1 Å². The summed E-state index contributed by atoms with van der Waals surface area (Å²) in [6.07, 6.45) is 1.04. The van der Waals surface area contributed by atoms with E-state index in [1.807, 2.05) is 6.07 Å². The largest absolute Gasteiger partial charge is 0.493 e. The first kappa shape index (κ1) is 15.5. The van der Waals surface area contributed by atoms with Crippen LogP contribution in [0.1, 0.15) is 39.7 Å².